The molecule has 0 saturated carbocycles. The summed E-state index contributed by atoms with van der Waals surface area (Å²) in [4.78, 5) is 36.3. The van der Waals surface area contributed by atoms with E-state index in [1.165, 1.54) is 13.2 Å². The minimum absolute atomic E-state index is 0.0104. The van der Waals surface area contributed by atoms with Gasteiger partial charge < -0.3 is 15.4 Å². The number of alkyl halides is 3. The number of aromatic nitrogens is 4. The molecular weight excluding hydrogens is 719 g/mol. The molecule has 2 fully saturated rings. The number of methoxy groups -OCH3 is 1. The van der Waals surface area contributed by atoms with Gasteiger partial charge in [0.2, 0.25) is 11.8 Å². The molecule has 10 nitrogen and oxygen atoms in total. The number of anilines is 2. The number of nitrogens with one attached hydrogen (secondary N) is 2. The first kappa shape index (κ1) is 37.3. The van der Waals surface area contributed by atoms with E-state index in [0.29, 0.717) is 45.4 Å². The average Bonchev–Trinajstić information content (AvgIpc) is 3.88. The molecule has 282 valence electrons. The van der Waals surface area contributed by atoms with Gasteiger partial charge in [-0.05, 0) is 67.5 Å². The number of pyridine rings is 2. The molecule has 5 aromatic rings. The van der Waals surface area contributed by atoms with Gasteiger partial charge in [-0.2, -0.15) is 18.3 Å². The summed E-state index contributed by atoms with van der Waals surface area (Å²) in [5.74, 6) is 0.455. The lowest BCUT2D eigenvalue weighted by Crippen LogP contribution is -2.44. The van der Waals surface area contributed by atoms with Gasteiger partial charge >= 0.3 is 6.18 Å². The Bertz CT molecular complexity index is 2350. The zero-order valence-electron chi connectivity index (χ0n) is 30.7. The molecule has 2 aliphatic heterocycles. The topological polar surface area (TPSA) is 114 Å². The second-order valence-electron chi connectivity index (χ2n) is 13.9. The first-order valence-corrected chi connectivity index (χ1v) is 18.5. The van der Waals surface area contributed by atoms with Crippen LogP contribution in [0.2, 0.25) is 5.02 Å². The third-order valence-electron chi connectivity index (χ3n) is 10.8. The number of carbonyl (C=O) groups is 1. The van der Waals surface area contributed by atoms with Crippen LogP contribution in [-0.2, 0) is 24.4 Å². The van der Waals surface area contributed by atoms with Crippen molar-refractivity contribution in [2.75, 3.05) is 25.5 Å². The van der Waals surface area contributed by atoms with Gasteiger partial charge in [-0.1, -0.05) is 55.8 Å². The lowest BCUT2D eigenvalue weighted by Gasteiger charge is -2.28. The number of carbonyl (C=O) groups excluding carboxylic acids is 1. The van der Waals surface area contributed by atoms with Gasteiger partial charge in [-0.15, -0.1) is 0 Å². The lowest BCUT2D eigenvalue weighted by atomic mass is 9.96. The minimum Gasteiger partial charge on any atom is -0.481 e. The molecule has 2 aromatic carbocycles. The summed E-state index contributed by atoms with van der Waals surface area (Å²) in [6.07, 6.45) is 0.619. The van der Waals surface area contributed by atoms with Gasteiger partial charge in [0.05, 0.1) is 34.9 Å². The predicted molar refractivity (Wildman–Crippen MR) is 203 cm³/mol. The van der Waals surface area contributed by atoms with Crippen LogP contribution in [0.5, 0.6) is 5.88 Å². The largest absolute Gasteiger partial charge is 0.481 e. The number of amides is 1. The number of benzene rings is 2. The molecule has 1 aliphatic carbocycles. The van der Waals surface area contributed by atoms with E-state index in [4.69, 9.17) is 21.3 Å². The molecule has 3 aliphatic rings. The van der Waals surface area contributed by atoms with Crippen molar-refractivity contribution in [1.29, 1.82) is 0 Å². The molecule has 2 atom stereocenters. The first-order valence-electron chi connectivity index (χ1n) is 18.1. The summed E-state index contributed by atoms with van der Waals surface area (Å²) in [6, 6.07) is 14.1. The molecule has 54 heavy (non-hydrogen) atoms. The Labute approximate surface area is 315 Å². The monoisotopic (exact) mass is 759 g/mol. The Kier molecular flexibility index (Phi) is 9.90. The highest BCUT2D eigenvalue weighted by atomic mass is 35.5. The van der Waals surface area contributed by atoms with Crippen molar-refractivity contribution in [1.82, 2.24) is 30.0 Å². The van der Waals surface area contributed by atoms with Crippen molar-refractivity contribution in [2.24, 2.45) is 7.05 Å². The van der Waals surface area contributed by atoms with Gasteiger partial charge in [-0.3, -0.25) is 14.5 Å². The maximum atomic E-state index is 13.8. The highest BCUT2D eigenvalue weighted by Gasteiger charge is 2.46. The number of likely N-dealkylation sites (tertiary alicyclic amines) is 1. The van der Waals surface area contributed by atoms with Crippen LogP contribution in [0.15, 0.2) is 59.5 Å². The molecular formula is C40H41ClF3N7O3. The fourth-order valence-electron chi connectivity index (χ4n) is 8.11. The smallest absolute Gasteiger partial charge is 0.433 e. The maximum Gasteiger partial charge on any atom is 0.433 e. The molecule has 0 radical (unpaired) electrons. The number of hydrogen-bond acceptors (Lipinski definition) is 8. The van der Waals surface area contributed by atoms with Crippen LogP contribution < -0.4 is 20.9 Å². The van der Waals surface area contributed by atoms with E-state index in [1.807, 2.05) is 45.0 Å². The molecule has 1 amide bonds. The van der Waals surface area contributed by atoms with Crippen LogP contribution in [-0.4, -0.2) is 56.3 Å². The minimum atomic E-state index is -4.74. The van der Waals surface area contributed by atoms with E-state index >= 15 is 0 Å². The van der Waals surface area contributed by atoms with Crippen LogP contribution in [0.3, 0.4) is 0 Å². The van der Waals surface area contributed by atoms with Gasteiger partial charge in [0.25, 0.3) is 5.56 Å². The van der Waals surface area contributed by atoms with Crippen molar-refractivity contribution in [3.63, 3.8) is 0 Å². The summed E-state index contributed by atoms with van der Waals surface area (Å²) >= 11 is 7.18. The normalized spacial score (nSPS) is 19.5. The van der Waals surface area contributed by atoms with Crippen LogP contribution in [0, 0.1) is 6.92 Å². The molecule has 1 spiro atoms. The zero-order chi connectivity index (χ0) is 38.5. The van der Waals surface area contributed by atoms with Crippen molar-refractivity contribution in [2.45, 2.75) is 70.6 Å². The Morgan fingerprint density at radius 1 is 1.02 bits per heavy atom. The number of aryl methyl sites for hydroxylation is 2. The third kappa shape index (κ3) is 6.57. The Morgan fingerprint density at radius 2 is 1.76 bits per heavy atom. The molecule has 0 bridgehead atoms. The molecule has 14 heteroatoms. The lowest BCUT2D eigenvalue weighted by molar-refractivity contribution is -0.141. The molecule has 2 saturated heterocycles. The van der Waals surface area contributed by atoms with Gasteiger partial charge in [-0.25, -0.2) is 14.6 Å². The predicted octanol–water partition coefficient (Wildman–Crippen LogP) is 8.16. The van der Waals surface area contributed by atoms with Crippen molar-refractivity contribution in [3.05, 3.63) is 92.5 Å². The summed E-state index contributed by atoms with van der Waals surface area (Å²) in [7, 11) is 3.05. The van der Waals surface area contributed by atoms with Gasteiger partial charge in [0.1, 0.15) is 11.5 Å². The van der Waals surface area contributed by atoms with Crippen LogP contribution in [0.25, 0.3) is 33.2 Å². The quantitative estimate of drug-likeness (QED) is 0.178. The van der Waals surface area contributed by atoms with Crippen molar-refractivity contribution in [3.8, 4) is 28.3 Å². The van der Waals surface area contributed by atoms with E-state index in [-0.39, 0.29) is 34.1 Å². The van der Waals surface area contributed by atoms with Crippen LogP contribution >= 0.6 is 11.6 Å². The van der Waals surface area contributed by atoms with E-state index in [0.717, 1.165) is 66.2 Å². The van der Waals surface area contributed by atoms with E-state index in [2.05, 4.69) is 31.7 Å². The zero-order valence-corrected chi connectivity index (χ0v) is 31.5. The maximum absolute atomic E-state index is 13.8. The number of ether oxygens (including phenoxy) is 1. The Morgan fingerprint density at radius 3 is 2.48 bits per heavy atom. The van der Waals surface area contributed by atoms with E-state index < -0.39 is 17.4 Å². The van der Waals surface area contributed by atoms with Gasteiger partial charge in [0.15, 0.2) is 0 Å². The third-order valence-corrected chi connectivity index (χ3v) is 11.2. The summed E-state index contributed by atoms with van der Waals surface area (Å²) in [5, 5.41) is 10.6. The number of fused-ring (bicyclic) bond motifs is 2. The average molecular weight is 760 g/mol. The first-order chi connectivity index (χ1) is 25.9. The Balaban J connectivity index is 0.00000221. The Hall–Kier alpha value is -5.01. The van der Waals surface area contributed by atoms with Crippen molar-refractivity contribution < 1.29 is 22.7 Å². The summed E-state index contributed by atoms with van der Waals surface area (Å²) in [5.41, 5.74) is 4.30. The second-order valence-corrected chi connectivity index (χ2v) is 14.2. The van der Waals surface area contributed by atoms with Crippen LogP contribution in [0.4, 0.5) is 24.7 Å². The fourth-order valence-corrected chi connectivity index (χ4v) is 8.43. The number of nitrogens with zero attached hydrogens (tertiary/aromatic N) is 5. The highest BCUT2D eigenvalue weighted by molar-refractivity contribution is 6.36. The fraction of sp³-hybridized carbons (Fsp3) is 0.375. The molecule has 2 N–H and O–H groups in total. The van der Waals surface area contributed by atoms with Crippen LogP contribution in [0.1, 0.15) is 68.0 Å². The van der Waals surface area contributed by atoms with Gasteiger partial charge in [0, 0.05) is 60.4 Å². The number of rotatable bonds is 6. The standard InChI is InChI=1S/C38H35ClF3N7O3.C2H6/c1-20-23(6-5-9-26(20)44-34-32-22(18-43-48(2)36(32)51)17-29(46-34)38(40,41)42)24-7-4-8-25(33(24)39)27-16-21-10-11-28(31(21)35(45-27)52-3)49-15-14-37(19-49)13-12-30(50)47-37;1-2/h4-9,16-18,28H,10-15,19H2,1-3H3,(H,44,46)(H,47,50);1-2H3. The summed E-state index contributed by atoms with van der Waals surface area (Å²) < 4.78 is 48.5. The van der Waals surface area contributed by atoms with Crippen molar-refractivity contribution >= 4 is 39.8 Å². The molecule has 3 aromatic heterocycles. The number of halogens is 4. The number of hydrogen-bond donors (Lipinski definition) is 2. The highest BCUT2D eigenvalue weighted by Crippen LogP contribution is 2.47. The van der Waals surface area contributed by atoms with E-state index in [1.54, 1.807) is 19.2 Å². The second kappa shape index (κ2) is 14.3. The molecule has 2 unspecified atom stereocenters. The molecule has 5 heterocycles. The van der Waals surface area contributed by atoms with E-state index in [9.17, 15) is 22.8 Å². The SMILES string of the molecule is CC.COc1nc(-c2cccc(-c3cccc(Nc4nc(C(F)(F)F)cc5cnn(C)c(=O)c45)c3C)c2Cl)cc2c1C(N1CCC3(CCC(=O)N3)C1)CC2. The summed E-state index contributed by atoms with van der Waals surface area (Å²) in [6.45, 7) is 7.53. The molecule has 8 rings (SSSR count).